The fourth-order valence-corrected chi connectivity index (χ4v) is 5.16. The summed E-state index contributed by atoms with van der Waals surface area (Å²) in [4.78, 5) is 28.8. The van der Waals surface area contributed by atoms with Gasteiger partial charge in [-0.05, 0) is 30.9 Å². The van der Waals surface area contributed by atoms with Gasteiger partial charge in [-0.1, -0.05) is 43.7 Å². The Morgan fingerprint density at radius 3 is 2.63 bits per heavy atom. The lowest BCUT2D eigenvalue weighted by atomic mass is 10.0. The maximum Gasteiger partial charge on any atom is 0.317 e. The first-order chi connectivity index (χ1) is 13.1. The first-order valence-electron chi connectivity index (χ1n) is 9.86. The number of benzene rings is 1. The minimum atomic E-state index is -0.154. The fourth-order valence-electron chi connectivity index (χ4n) is 3.70. The summed E-state index contributed by atoms with van der Waals surface area (Å²) in [5, 5.41) is 2.99. The Morgan fingerprint density at radius 1 is 1.19 bits per heavy atom. The number of unbranched alkanes of at least 4 members (excludes halogenated alkanes) is 1. The van der Waals surface area contributed by atoms with Crippen molar-refractivity contribution in [1.29, 1.82) is 0 Å². The predicted octanol–water partition coefficient (Wildman–Crippen LogP) is 3.58. The van der Waals surface area contributed by atoms with Gasteiger partial charge >= 0.3 is 6.03 Å². The third kappa shape index (κ3) is 4.86. The summed E-state index contributed by atoms with van der Waals surface area (Å²) in [6.45, 7) is 5.05. The van der Waals surface area contributed by atoms with Gasteiger partial charge in [0.15, 0.2) is 0 Å². The standard InChI is InChI=1S/C21H29N3O2S/c1-2-3-13-22-20(26)23-14-11-21(12-15-23)24(16-17-27-21)19(25)10-9-18-7-5-4-6-8-18/h4-10H,2-3,11-17H2,1H3,(H,22,26). The lowest BCUT2D eigenvalue weighted by Gasteiger charge is -2.43. The molecular weight excluding hydrogens is 358 g/mol. The van der Waals surface area contributed by atoms with E-state index < -0.39 is 0 Å². The zero-order chi connectivity index (χ0) is 19.1. The number of thioether (sulfide) groups is 1. The molecule has 0 unspecified atom stereocenters. The van der Waals surface area contributed by atoms with Crippen molar-refractivity contribution in [2.75, 3.05) is 31.9 Å². The van der Waals surface area contributed by atoms with E-state index in [-0.39, 0.29) is 16.8 Å². The molecule has 1 spiro atoms. The van der Waals surface area contributed by atoms with Gasteiger partial charge in [-0.25, -0.2) is 4.79 Å². The van der Waals surface area contributed by atoms with E-state index in [0.717, 1.165) is 50.1 Å². The van der Waals surface area contributed by atoms with E-state index >= 15 is 0 Å². The summed E-state index contributed by atoms with van der Waals surface area (Å²) >= 11 is 1.87. The molecule has 2 aliphatic heterocycles. The number of rotatable bonds is 5. The van der Waals surface area contributed by atoms with Gasteiger partial charge in [0, 0.05) is 38.0 Å². The van der Waals surface area contributed by atoms with Crippen molar-refractivity contribution in [3.05, 3.63) is 42.0 Å². The molecule has 6 heteroatoms. The van der Waals surface area contributed by atoms with Crippen LogP contribution in [0, 0.1) is 0 Å². The molecule has 146 valence electrons. The molecule has 2 aliphatic rings. The average molecular weight is 388 g/mol. The molecule has 1 aromatic rings. The molecule has 27 heavy (non-hydrogen) atoms. The number of hydrogen-bond donors (Lipinski definition) is 1. The Balaban J connectivity index is 1.57. The average Bonchev–Trinajstić information content (AvgIpc) is 3.10. The number of piperidine rings is 1. The summed E-state index contributed by atoms with van der Waals surface area (Å²) in [5.41, 5.74) is 1.03. The Morgan fingerprint density at radius 2 is 1.93 bits per heavy atom. The van der Waals surface area contributed by atoms with Crippen LogP contribution < -0.4 is 5.32 Å². The first kappa shape index (κ1) is 19.8. The van der Waals surface area contributed by atoms with Gasteiger partial charge < -0.3 is 15.1 Å². The number of urea groups is 1. The monoisotopic (exact) mass is 387 g/mol. The Labute approximate surface area is 166 Å². The van der Waals surface area contributed by atoms with Crippen LogP contribution in [0.15, 0.2) is 36.4 Å². The Kier molecular flexibility index (Phi) is 6.83. The topological polar surface area (TPSA) is 52.7 Å². The van der Waals surface area contributed by atoms with Gasteiger partial charge in [0.2, 0.25) is 5.91 Å². The van der Waals surface area contributed by atoms with Crippen LogP contribution in [0.1, 0.15) is 38.2 Å². The van der Waals surface area contributed by atoms with Gasteiger partial charge in [-0.2, -0.15) is 0 Å². The predicted molar refractivity (Wildman–Crippen MR) is 111 cm³/mol. The van der Waals surface area contributed by atoms with Crippen molar-refractivity contribution in [2.24, 2.45) is 0 Å². The molecule has 0 radical (unpaired) electrons. The van der Waals surface area contributed by atoms with Gasteiger partial charge in [-0.3, -0.25) is 4.79 Å². The third-order valence-electron chi connectivity index (χ3n) is 5.30. The zero-order valence-electron chi connectivity index (χ0n) is 16.0. The van der Waals surface area contributed by atoms with E-state index in [0.29, 0.717) is 13.1 Å². The quantitative estimate of drug-likeness (QED) is 0.621. The zero-order valence-corrected chi connectivity index (χ0v) is 16.8. The number of hydrogen-bond acceptors (Lipinski definition) is 3. The van der Waals surface area contributed by atoms with Crippen molar-refractivity contribution in [2.45, 2.75) is 37.5 Å². The minimum absolute atomic E-state index is 0.0307. The van der Waals surface area contributed by atoms with E-state index in [2.05, 4.69) is 12.2 Å². The Bertz CT molecular complexity index is 669. The normalized spacial score (nSPS) is 19.0. The minimum Gasteiger partial charge on any atom is -0.338 e. The van der Waals surface area contributed by atoms with Gasteiger partial charge in [-0.15, -0.1) is 11.8 Å². The smallest absolute Gasteiger partial charge is 0.317 e. The van der Waals surface area contributed by atoms with Crippen molar-refractivity contribution >= 4 is 29.8 Å². The van der Waals surface area contributed by atoms with Crippen LogP contribution in [0.5, 0.6) is 0 Å². The molecule has 0 atom stereocenters. The summed E-state index contributed by atoms with van der Waals surface area (Å²) in [7, 11) is 0. The number of likely N-dealkylation sites (tertiary alicyclic amines) is 1. The molecule has 3 amide bonds. The van der Waals surface area contributed by atoms with E-state index in [9.17, 15) is 9.59 Å². The van der Waals surface area contributed by atoms with Crippen LogP contribution in [0.4, 0.5) is 4.79 Å². The van der Waals surface area contributed by atoms with E-state index in [1.165, 1.54) is 0 Å². The highest BCUT2D eigenvalue weighted by Crippen LogP contribution is 2.44. The first-order valence-corrected chi connectivity index (χ1v) is 10.8. The molecule has 0 bridgehead atoms. The van der Waals surface area contributed by atoms with Gasteiger partial charge in [0.25, 0.3) is 0 Å². The largest absolute Gasteiger partial charge is 0.338 e. The third-order valence-corrected chi connectivity index (χ3v) is 6.85. The number of carbonyl (C=O) groups is 2. The number of nitrogens with zero attached hydrogens (tertiary/aromatic N) is 2. The molecule has 0 aliphatic carbocycles. The van der Waals surface area contributed by atoms with Crippen molar-refractivity contribution in [3.63, 3.8) is 0 Å². The van der Waals surface area contributed by atoms with Crippen LogP contribution in [0.3, 0.4) is 0 Å². The maximum atomic E-state index is 12.8. The molecule has 2 saturated heterocycles. The number of carbonyl (C=O) groups excluding carboxylic acids is 2. The van der Waals surface area contributed by atoms with Crippen molar-refractivity contribution in [3.8, 4) is 0 Å². The highest BCUT2D eigenvalue weighted by atomic mass is 32.2. The lowest BCUT2D eigenvalue weighted by Crippen LogP contribution is -2.54. The highest BCUT2D eigenvalue weighted by Gasteiger charge is 2.46. The molecule has 2 fully saturated rings. The fraction of sp³-hybridized carbons (Fsp3) is 0.524. The highest BCUT2D eigenvalue weighted by molar-refractivity contribution is 8.00. The second kappa shape index (κ2) is 9.31. The summed E-state index contributed by atoms with van der Waals surface area (Å²) < 4.78 is 0. The molecule has 5 nitrogen and oxygen atoms in total. The Hall–Kier alpha value is -1.95. The van der Waals surface area contributed by atoms with Crippen LogP contribution in [0.2, 0.25) is 0 Å². The second-order valence-electron chi connectivity index (χ2n) is 7.10. The van der Waals surface area contributed by atoms with E-state index in [1.807, 2.05) is 58.0 Å². The second-order valence-corrected chi connectivity index (χ2v) is 8.56. The van der Waals surface area contributed by atoms with Gasteiger partial charge in [0.1, 0.15) is 0 Å². The molecule has 0 aromatic heterocycles. The SMILES string of the molecule is CCCCNC(=O)N1CCC2(CC1)SCCN2C(=O)C=Cc1ccccc1. The van der Waals surface area contributed by atoms with Crippen molar-refractivity contribution in [1.82, 2.24) is 15.1 Å². The molecule has 0 saturated carbocycles. The van der Waals surface area contributed by atoms with Crippen LogP contribution in [0.25, 0.3) is 6.08 Å². The molecule has 3 rings (SSSR count). The van der Waals surface area contributed by atoms with E-state index in [1.54, 1.807) is 6.08 Å². The maximum absolute atomic E-state index is 12.8. The molecule has 1 aromatic carbocycles. The van der Waals surface area contributed by atoms with Crippen molar-refractivity contribution < 1.29 is 9.59 Å². The van der Waals surface area contributed by atoms with E-state index in [4.69, 9.17) is 0 Å². The van der Waals surface area contributed by atoms with Crippen LogP contribution in [-0.4, -0.2) is 58.5 Å². The van der Waals surface area contributed by atoms with Crippen LogP contribution in [-0.2, 0) is 4.79 Å². The molecule has 1 N–H and O–H groups in total. The number of amides is 3. The number of nitrogens with one attached hydrogen (secondary N) is 1. The molecular formula is C21H29N3O2S. The molecule has 2 heterocycles. The summed E-state index contributed by atoms with van der Waals surface area (Å²) in [5.74, 6) is 1.04. The lowest BCUT2D eigenvalue weighted by molar-refractivity contribution is -0.129. The van der Waals surface area contributed by atoms with Gasteiger partial charge in [0.05, 0.1) is 4.87 Å². The summed E-state index contributed by atoms with van der Waals surface area (Å²) in [6, 6.07) is 9.93. The van der Waals surface area contributed by atoms with Crippen LogP contribution >= 0.6 is 11.8 Å². The summed E-state index contributed by atoms with van der Waals surface area (Å²) in [6.07, 6.45) is 7.33.